The van der Waals surface area contributed by atoms with Gasteiger partial charge in [0, 0.05) is 28.5 Å². The summed E-state index contributed by atoms with van der Waals surface area (Å²) in [5, 5.41) is 15.3. The topological polar surface area (TPSA) is 77.0 Å². The third-order valence-corrected chi connectivity index (χ3v) is 11.0. The van der Waals surface area contributed by atoms with Crippen molar-refractivity contribution >= 4 is 11.5 Å². The van der Waals surface area contributed by atoms with Crippen LogP contribution >= 0.6 is 0 Å². The summed E-state index contributed by atoms with van der Waals surface area (Å²) in [6.07, 6.45) is 10.2. The molecule has 0 bridgehead atoms. The maximum absolute atomic E-state index is 14.4. The zero-order valence-corrected chi connectivity index (χ0v) is 25.3. The highest BCUT2D eigenvalue weighted by Crippen LogP contribution is 2.69. The van der Waals surface area contributed by atoms with Gasteiger partial charge in [-0.25, -0.2) is 0 Å². The van der Waals surface area contributed by atoms with Crippen molar-refractivity contribution < 1.29 is 24.1 Å². The van der Waals surface area contributed by atoms with Crippen molar-refractivity contribution in [2.45, 2.75) is 103 Å². The van der Waals surface area contributed by atoms with Gasteiger partial charge in [-0.15, -0.1) is 0 Å². The smallest absolute Gasteiger partial charge is 0.205 e. The molecule has 2 N–H and O–H groups in total. The molecule has 0 spiro atoms. The molecule has 1 aliphatic heterocycles. The zero-order chi connectivity index (χ0) is 29.2. The van der Waals surface area contributed by atoms with Crippen LogP contribution in [0.15, 0.2) is 60.2 Å². The summed E-state index contributed by atoms with van der Waals surface area (Å²) in [5.41, 5.74) is 1.53. The first-order valence-electron chi connectivity index (χ1n) is 15.6. The maximum atomic E-state index is 14.4. The summed E-state index contributed by atoms with van der Waals surface area (Å²) in [4.78, 5) is 14.4. The predicted molar refractivity (Wildman–Crippen MR) is 161 cm³/mol. The van der Waals surface area contributed by atoms with E-state index in [1.807, 2.05) is 24.3 Å². The molecule has 0 radical (unpaired) electrons. The Morgan fingerprint density at radius 3 is 2.71 bits per heavy atom. The molecule has 6 rings (SSSR count). The van der Waals surface area contributed by atoms with Crippen LogP contribution in [0.4, 0.5) is 5.69 Å². The van der Waals surface area contributed by atoms with Gasteiger partial charge in [0.2, 0.25) is 5.78 Å². The van der Waals surface area contributed by atoms with Gasteiger partial charge < -0.3 is 24.6 Å². The van der Waals surface area contributed by atoms with Gasteiger partial charge in [0.05, 0.1) is 12.2 Å². The number of Topliss-reactive ketones (excluding diaryl/α,β-unsaturated/α-hetero) is 1. The highest BCUT2D eigenvalue weighted by Gasteiger charge is 2.75. The number of hydrogen-bond acceptors (Lipinski definition) is 6. The van der Waals surface area contributed by atoms with E-state index in [1.165, 1.54) is 5.57 Å². The van der Waals surface area contributed by atoms with Crippen molar-refractivity contribution in [3.8, 4) is 5.75 Å². The van der Waals surface area contributed by atoms with Gasteiger partial charge in [-0.05, 0) is 87.6 Å². The van der Waals surface area contributed by atoms with E-state index < -0.39 is 23.4 Å². The fourth-order valence-electron chi connectivity index (χ4n) is 9.32. The van der Waals surface area contributed by atoms with Crippen LogP contribution in [0.5, 0.6) is 5.75 Å². The summed E-state index contributed by atoms with van der Waals surface area (Å²) >= 11 is 0. The predicted octanol–water partition coefficient (Wildman–Crippen LogP) is 6.61. The van der Waals surface area contributed by atoms with E-state index in [-0.39, 0.29) is 41.7 Å². The quantitative estimate of drug-likeness (QED) is 0.372. The first-order chi connectivity index (χ1) is 19.5. The number of nitrogens with one attached hydrogen (secondary N) is 1. The number of carbonyl (C=O) groups is 1. The van der Waals surface area contributed by atoms with E-state index in [0.717, 1.165) is 43.4 Å². The summed E-state index contributed by atoms with van der Waals surface area (Å²) in [5.74, 6) is 1.16. The average Bonchev–Trinajstić information content (AvgIpc) is 3.40. The Morgan fingerprint density at radius 1 is 1.24 bits per heavy atom. The maximum Gasteiger partial charge on any atom is 0.205 e. The molecule has 0 amide bonds. The summed E-state index contributed by atoms with van der Waals surface area (Å²) < 4.78 is 19.4. The lowest BCUT2D eigenvalue weighted by atomic mass is 9.46. The van der Waals surface area contributed by atoms with E-state index in [2.05, 4.69) is 64.7 Å². The van der Waals surface area contributed by atoms with Crippen molar-refractivity contribution in [3.63, 3.8) is 0 Å². The number of ketones is 1. The molecule has 1 aromatic rings. The van der Waals surface area contributed by atoms with Crippen LogP contribution in [-0.4, -0.2) is 47.6 Å². The Kier molecular flexibility index (Phi) is 7.27. The molecule has 3 saturated carbocycles. The third-order valence-electron chi connectivity index (χ3n) is 11.0. The van der Waals surface area contributed by atoms with E-state index in [4.69, 9.17) is 14.2 Å². The minimum Gasteiger partial charge on any atom is -0.486 e. The van der Waals surface area contributed by atoms with Crippen LogP contribution in [0, 0.1) is 28.6 Å². The van der Waals surface area contributed by atoms with Crippen LogP contribution in [-0.2, 0) is 14.3 Å². The van der Waals surface area contributed by atoms with Crippen LogP contribution < -0.4 is 10.1 Å². The first-order valence-corrected chi connectivity index (χ1v) is 15.6. The molecule has 4 fully saturated rings. The van der Waals surface area contributed by atoms with Crippen molar-refractivity contribution in [2.24, 2.45) is 28.6 Å². The van der Waals surface area contributed by atoms with Crippen molar-refractivity contribution in [1.82, 2.24) is 0 Å². The lowest BCUT2D eigenvalue weighted by Gasteiger charge is -2.59. The first kappa shape index (κ1) is 28.7. The van der Waals surface area contributed by atoms with Crippen molar-refractivity contribution in [3.05, 3.63) is 60.2 Å². The molecule has 4 aliphatic carbocycles. The molecule has 1 heterocycles. The van der Waals surface area contributed by atoms with Gasteiger partial charge in [-0.2, -0.15) is 0 Å². The van der Waals surface area contributed by atoms with Crippen LogP contribution in [0.3, 0.4) is 0 Å². The number of hydrogen-bond donors (Lipinski definition) is 2. The Labute approximate surface area is 245 Å². The SMILES string of the molecule is C=C1C=C[C@@]2(C)C(=C1)CC[C@@H]1[C@@H]2[C@@H](O)C[C@@]2(C)[C@H]1C[C@H]1O[C@@H](CCC)O[C@]12C(=O)COc1ccc(NC(C)C)cc1. The van der Waals surface area contributed by atoms with Gasteiger partial charge in [0.1, 0.15) is 12.4 Å². The molecule has 0 aromatic heterocycles. The highest BCUT2D eigenvalue weighted by atomic mass is 16.7. The number of aliphatic hydroxyl groups excluding tert-OH is 1. The minimum absolute atomic E-state index is 0.0717. The Morgan fingerprint density at radius 2 is 2.00 bits per heavy atom. The second-order valence-electron chi connectivity index (χ2n) is 13.9. The van der Waals surface area contributed by atoms with E-state index in [9.17, 15) is 9.90 Å². The molecular weight excluding hydrogens is 514 g/mol. The van der Waals surface area contributed by atoms with E-state index >= 15 is 0 Å². The van der Waals surface area contributed by atoms with Crippen LogP contribution in [0.2, 0.25) is 0 Å². The minimum atomic E-state index is -1.13. The number of benzene rings is 1. The molecule has 6 nitrogen and oxygen atoms in total. The van der Waals surface area contributed by atoms with Crippen LogP contribution in [0.25, 0.3) is 0 Å². The summed E-state index contributed by atoms with van der Waals surface area (Å²) in [7, 11) is 0. The van der Waals surface area contributed by atoms with Gasteiger partial charge in [0.25, 0.3) is 0 Å². The molecule has 41 heavy (non-hydrogen) atoms. The Bertz CT molecular complexity index is 1250. The van der Waals surface area contributed by atoms with Crippen molar-refractivity contribution in [1.29, 1.82) is 0 Å². The zero-order valence-electron chi connectivity index (χ0n) is 25.3. The number of aliphatic hydroxyl groups is 1. The number of anilines is 1. The fourth-order valence-corrected chi connectivity index (χ4v) is 9.32. The molecule has 1 saturated heterocycles. The van der Waals surface area contributed by atoms with Gasteiger partial charge in [-0.3, -0.25) is 4.79 Å². The number of rotatable bonds is 8. The van der Waals surface area contributed by atoms with Gasteiger partial charge in [-0.1, -0.05) is 57.6 Å². The second-order valence-corrected chi connectivity index (χ2v) is 13.9. The van der Waals surface area contributed by atoms with Crippen LogP contribution in [0.1, 0.15) is 73.1 Å². The molecule has 9 atom stereocenters. The molecule has 6 heteroatoms. The second kappa shape index (κ2) is 10.4. The fraction of sp³-hybridized carbons (Fsp3) is 0.629. The number of fused-ring (bicyclic) bond motifs is 7. The molecule has 222 valence electrons. The molecular formula is C35H47NO5. The lowest BCUT2D eigenvalue weighted by Crippen LogP contribution is -2.63. The number of allylic oxidation sites excluding steroid dienone is 5. The average molecular weight is 562 g/mol. The third kappa shape index (κ3) is 4.44. The number of carbonyl (C=O) groups excluding carboxylic acids is 1. The number of ether oxygens (including phenoxy) is 3. The van der Waals surface area contributed by atoms with E-state index in [1.54, 1.807) is 0 Å². The summed E-state index contributed by atoms with van der Waals surface area (Å²) in [6.45, 7) is 14.8. The molecule has 5 aliphatic rings. The van der Waals surface area contributed by atoms with Gasteiger partial charge >= 0.3 is 0 Å². The molecule has 1 aromatic carbocycles. The molecule has 0 unspecified atom stereocenters. The summed E-state index contributed by atoms with van der Waals surface area (Å²) in [6, 6.07) is 8.07. The Hall–Kier alpha value is -2.41. The normalized spacial score (nSPS) is 40.9. The largest absolute Gasteiger partial charge is 0.486 e. The lowest BCUT2D eigenvalue weighted by molar-refractivity contribution is -0.200. The highest BCUT2D eigenvalue weighted by molar-refractivity contribution is 5.91. The monoisotopic (exact) mass is 561 g/mol. The van der Waals surface area contributed by atoms with E-state index in [0.29, 0.717) is 18.2 Å². The standard InChI is InChI=1S/C35H47NO5/c1-7-8-31-40-30-18-27-26-14-9-23-17-22(4)15-16-33(23,5)32(26)28(37)19-34(27,6)35(30,41-31)29(38)20-39-25-12-10-24(11-13-25)36-21(2)3/h10-13,15-17,21,26-28,30-32,36-37H,4,7-9,14,18-20H2,1-3,5-6H3/t26-,27-,28-,30+,31+,32+,33-,34-,35+/m0/s1. The Balaban J connectivity index is 1.29. The van der Waals surface area contributed by atoms with Crippen molar-refractivity contribution in [2.75, 3.05) is 11.9 Å². The van der Waals surface area contributed by atoms with Gasteiger partial charge in [0.15, 0.2) is 11.9 Å².